The maximum absolute atomic E-state index is 12.9. The van der Waals surface area contributed by atoms with E-state index in [0.29, 0.717) is 17.7 Å². The lowest BCUT2D eigenvalue weighted by molar-refractivity contribution is -0.120. The van der Waals surface area contributed by atoms with Crippen LogP contribution in [-0.2, 0) is 21.4 Å². The summed E-state index contributed by atoms with van der Waals surface area (Å²) in [6, 6.07) is 11.9. The predicted molar refractivity (Wildman–Crippen MR) is 122 cm³/mol. The van der Waals surface area contributed by atoms with Gasteiger partial charge >= 0.3 is 0 Å². The van der Waals surface area contributed by atoms with E-state index in [2.05, 4.69) is 15.4 Å². The molecule has 2 N–H and O–H groups in total. The second-order valence-corrected chi connectivity index (χ2v) is 9.84. The molecule has 30 heavy (non-hydrogen) atoms. The van der Waals surface area contributed by atoms with Crippen LogP contribution in [0.1, 0.15) is 27.8 Å². The molecule has 7 heteroatoms. The van der Waals surface area contributed by atoms with Crippen LogP contribution in [0.15, 0.2) is 52.1 Å². The minimum Gasteiger partial charge on any atom is -0.351 e. The molecule has 158 valence electrons. The summed E-state index contributed by atoms with van der Waals surface area (Å²) in [4.78, 5) is 12.6. The summed E-state index contributed by atoms with van der Waals surface area (Å²) >= 11 is 1.62. The summed E-state index contributed by atoms with van der Waals surface area (Å²) in [5.41, 5.74) is 6.37. The highest BCUT2D eigenvalue weighted by molar-refractivity contribution is 7.89. The quantitative estimate of drug-likeness (QED) is 0.575. The molecule has 3 aromatic rings. The largest absolute Gasteiger partial charge is 0.351 e. The van der Waals surface area contributed by atoms with Gasteiger partial charge in [-0.25, -0.2) is 13.1 Å². The second kappa shape index (κ2) is 9.12. The van der Waals surface area contributed by atoms with Gasteiger partial charge in [0, 0.05) is 6.54 Å². The normalized spacial score (nSPS) is 11.5. The number of nitrogens with one attached hydrogen (secondary N) is 2. The van der Waals surface area contributed by atoms with Gasteiger partial charge < -0.3 is 5.32 Å². The zero-order valence-corrected chi connectivity index (χ0v) is 19.2. The average Bonchev–Trinajstić information content (AvgIpc) is 3.24. The lowest BCUT2D eigenvalue weighted by atomic mass is 10.0. The minimum atomic E-state index is -3.80. The van der Waals surface area contributed by atoms with Crippen molar-refractivity contribution in [1.29, 1.82) is 0 Å². The fraction of sp³-hybridized carbons (Fsp3) is 0.261. The van der Waals surface area contributed by atoms with E-state index in [-0.39, 0.29) is 17.3 Å². The SMILES string of the molecule is Cc1cc(C)c(C)c(S(=O)(=O)NCC(=O)NCc2ccccc2-c2ccsc2)c1C. The number of benzene rings is 2. The smallest absolute Gasteiger partial charge is 0.241 e. The first-order valence-corrected chi connectivity index (χ1v) is 12.1. The summed E-state index contributed by atoms with van der Waals surface area (Å²) < 4.78 is 28.2. The number of carbonyl (C=O) groups excluding carboxylic acids is 1. The van der Waals surface area contributed by atoms with E-state index in [1.165, 1.54) is 0 Å². The number of amides is 1. The molecule has 0 saturated heterocycles. The van der Waals surface area contributed by atoms with Crippen LogP contribution in [0.5, 0.6) is 0 Å². The van der Waals surface area contributed by atoms with Gasteiger partial charge in [0.25, 0.3) is 0 Å². The average molecular weight is 443 g/mol. The molecule has 0 unspecified atom stereocenters. The van der Waals surface area contributed by atoms with Crippen LogP contribution >= 0.6 is 11.3 Å². The first-order valence-electron chi connectivity index (χ1n) is 9.65. The minimum absolute atomic E-state index is 0.260. The third-order valence-electron chi connectivity index (χ3n) is 5.31. The van der Waals surface area contributed by atoms with Crippen molar-refractivity contribution in [3.8, 4) is 11.1 Å². The molecule has 0 spiro atoms. The van der Waals surface area contributed by atoms with Crippen LogP contribution in [0.3, 0.4) is 0 Å². The van der Waals surface area contributed by atoms with E-state index in [1.54, 1.807) is 25.2 Å². The van der Waals surface area contributed by atoms with E-state index < -0.39 is 10.0 Å². The van der Waals surface area contributed by atoms with E-state index in [4.69, 9.17) is 0 Å². The molecule has 5 nitrogen and oxygen atoms in total. The van der Waals surface area contributed by atoms with Crippen molar-refractivity contribution >= 4 is 27.3 Å². The predicted octanol–water partition coefficient (Wildman–Crippen LogP) is 4.24. The van der Waals surface area contributed by atoms with Crippen molar-refractivity contribution in [3.63, 3.8) is 0 Å². The second-order valence-electron chi connectivity index (χ2n) is 7.36. The Morgan fingerprint density at radius 3 is 2.30 bits per heavy atom. The number of thiophene rings is 1. The zero-order chi connectivity index (χ0) is 21.9. The molecular weight excluding hydrogens is 416 g/mol. The summed E-state index contributed by atoms with van der Waals surface area (Å²) in [5, 5.41) is 6.88. The number of hydrogen-bond acceptors (Lipinski definition) is 4. The van der Waals surface area contributed by atoms with Crippen LogP contribution in [0.2, 0.25) is 0 Å². The number of hydrogen-bond donors (Lipinski definition) is 2. The topological polar surface area (TPSA) is 75.3 Å². The lowest BCUT2D eigenvalue weighted by Gasteiger charge is -2.16. The van der Waals surface area contributed by atoms with Gasteiger partial charge in [-0.1, -0.05) is 30.3 Å². The Hall–Kier alpha value is -2.48. The van der Waals surface area contributed by atoms with Crippen molar-refractivity contribution in [3.05, 3.63) is 75.0 Å². The van der Waals surface area contributed by atoms with Gasteiger partial charge in [0.2, 0.25) is 15.9 Å². The Balaban J connectivity index is 1.68. The van der Waals surface area contributed by atoms with Gasteiger partial charge in [0.05, 0.1) is 11.4 Å². The Kier molecular flexibility index (Phi) is 6.75. The van der Waals surface area contributed by atoms with Crippen LogP contribution in [-0.4, -0.2) is 20.9 Å². The van der Waals surface area contributed by atoms with Gasteiger partial charge in [0.15, 0.2) is 0 Å². The number of sulfonamides is 1. The third kappa shape index (κ3) is 4.80. The van der Waals surface area contributed by atoms with Crippen LogP contribution < -0.4 is 10.0 Å². The molecule has 0 fully saturated rings. The summed E-state index contributed by atoms with van der Waals surface area (Å²) in [5.74, 6) is -0.377. The van der Waals surface area contributed by atoms with E-state index in [9.17, 15) is 13.2 Å². The first kappa shape index (κ1) is 22.2. The number of carbonyl (C=O) groups is 1. The number of rotatable bonds is 7. The monoisotopic (exact) mass is 442 g/mol. The molecule has 2 aromatic carbocycles. The summed E-state index contributed by atoms with van der Waals surface area (Å²) in [6.45, 7) is 7.37. The Bertz CT molecular complexity index is 1140. The van der Waals surface area contributed by atoms with Crippen LogP contribution in [0.4, 0.5) is 0 Å². The van der Waals surface area contributed by atoms with Crippen LogP contribution in [0.25, 0.3) is 11.1 Å². The molecule has 3 rings (SSSR count). The molecule has 1 aromatic heterocycles. The molecule has 0 bridgehead atoms. The highest BCUT2D eigenvalue weighted by Gasteiger charge is 2.22. The van der Waals surface area contributed by atoms with E-state index in [1.807, 2.05) is 55.6 Å². The third-order valence-corrected chi connectivity index (χ3v) is 7.67. The van der Waals surface area contributed by atoms with Crippen LogP contribution in [0, 0.1) is 27.7 Å². The molecular formula is C23H26N2O3S2. The molecule has 0 saturated carbocycles. The van der Waals surface area contributed by atoms with E-state index in [0.717, 1.165) is 27.8 Å². The molecule has 0 atom stereocenters. The molecule has 0 radical (unpaired) electrons. The molecule has 1 heterocycles. The van der Waals surface area contributed by atoms with Gasteiger partial charge in [-0.05, 0) is 83.5 Å². The highest BCUT2D eigenvalue weighted by Crippen LogP contribution is 2.26. The van der Waals surface area contributed by atoms with E-state index >= 15 is 0 Å². The van der Waals surface area contributed by atoms with Crippen molar-refractivity contribution < 1.29 is 13.2 Å². The van der Waals surface area contributed by atoms with Crippen molar-refractivity contribution in [2.75, 3.05) is 6.54 Å². The highest BCUT2D eigenvalue weighted by atomic mass is 32.2. The first-order chi connectivity index (χ1) is 14.2. The van der Waals surface area contributed by atoms with Gasteiger partial charge in [-0.2, -0.15) is 11.3 Å². The maximum atomic E-state index is 12.9. The molecule has 0 aliphatic heterocycles. The maximum Gasteiger partial charge on any atom is 0.241 e. The molecule has 1 amide bonds. The zero-order valence-electron chi connectivity index (χ0n) is 17.6. The van der Waals surface area contributed by atoms with Gasteiger partial charge in [-0.3, -0.25) is 4.79 Å². The Labute approximate surface area is 182 Å². The number of aryl methyl sites for hydroxylation is 2. The Morgan fingerprint density at radius 2 is 1.67 bits per heavy atom. The van der Waals surface area contributed by atoms with Crippen molar-refractivity contribution in [1.82, 2.24) is 10.0 Å². The summed E-state index contributed by atoms with van der Waals surface area (Å²) in [6.07, 6.45) is 0. The van der Waals surface area contributed by atoms with Crippen molar-refractivity contribution in [2.24, 2.45) is 0 Å². The fourth-order valence-corrected chi connectivity index (χ4v) is 5.70. The molecule has 0 aliphatic rings. The van der Waals surface area contributed by atoms with Gasteiger partial charge in [0.1, 0.15) is 0 Å². The van der Waals surface area contributed by atoms with Crippen molar-refractivity contribution in [2.45, 2.75) is 39.1 Å². The molecule has 0 aliphatic carbocycles. The Morgan fingerprint density at radius 1 is 1.00 bits per heavy atom. The summed E-state index contributed by atoms with van der Waals surface area (Å²) in [7, 11) is -3.80. The lowest BCUT2D eigenvalue weighted by Crippen LogP contribution is -2.37. The fourth-order valence-electron chi connectivity index (χ4n) is 3.45. The standard InChI is InChI=1S/C23H26N2O3S2/c1-15-11-16(2)18(4)23(17(15)3)30(27,28)25-13-22(26)24-12-19-7-5-6-8-21(19)20-9-10-29-14-20/h5-11,14,25H,12-13H2,1-4H3,(H,24,26). The van der Waals surface area contributed by atoms with Gasteiger partial charge in [-0.15, -0.1) is 0 Å².